The van der Waals surface area contributed by atoms with E-state index in [9.17, 15) is 0 Å². The summed E-state index contributed by atoms with van der Waals surface area (Å²) in [6.07, 6.45) is 7.03. The van der Waals surface area contributed by atoms with Crippen LogP contribution in [0.1, 0.15) is 34.6 Å². The summed E-state index contributed by atoms with van der Waals surface area (Å²) in [7, 11) is 0. The molecule has 0 nitrogen and oxygen atoms in total. The number of allylic oxidation sites excluding steroid dienone is 4. The summed E-state index contributed by atoms with van der Waals surface area (Å²) >= 11 is -0.615. The van der Waals surface area contributed by atoms with Gasteiger partial charge in [-0.2, -0.15) is 0 Å². The fraction of sp³-hybridized carbons (Fsp3) is 0.714. The molecule has 0 aromatic rings. The van der Waals surface area contributed by atoms with E-state index in [1.807, 2.05) is 0 Å². The molecule has 0 saturated heterocycles. The van der Waals surface area contributed by atoms with Crippen molar-refractivity contribution in [2.24, 2.45) is 11.8 Å². The molecule has 0 bridgehead atoms. The van der Waals surface area contributed by atoms with Gasteiger partial charge in [0.2, 0.25) is 0 Å². The maximum absolute atomic E-state index is 2.46. The van der Waals surface area contributed by atoms with Crippen LogP contribution in [0.15, 0.2) is 23.8 Å². The Labute approximate surface area is 99.8 Å². The Morgan fingerprint density at radius 3 is 2.00 bits per heavy atom. The topological polar surface area (TPSA) is 0 Å². The van der Waals surface area contributed by atoms with E-state index in [4.69, 9.17) is 0 Å². The molecule has 0 radical (unpaired) electrons. The van der Waals surface area contributed by atoms with Gasteiger partial charge in [0, 0.05) is 0 Å². The van der Waals surface area contributed by atoms with E-state index < -0.39 is 14.1 Å². The maximum Gasteiger partial charge on any atom is 0.276 e. The summed E-state index contributed by atoms with van der Waals surface area (Å²) in [5.41, 5.74) is 1.62. The second kappa shape index (κ2) is 5.92. The van der Waals surface area contributed by atoms with Crippen LogP contribution < -0.4 is 0 Å². The van der Waals surface area contributed by atoms with Gasteiger partial charge in [-0.15, -0.1) is 0 Å². The molecule has 0 aromatic carbocycles. The predicted molar refractivity (Wildman–Crippen MR) is 71.7 cm³/mol. The van der Waals surface area contributed by atoms with Crippen LogP contribution in [0.25, 0.3) is 0 Å². The van der Waals surface area contributed by atoms with Gasteiger partial charge in [0.15, 0.2) is 0 Å². The van der Waals surface area contributed by atoms with Crippen molar-refractivity contribution < 1.29 is 0 Å². The highest BCUT2D eigenvalue weighted by Crippen LogP contribution is 2.34. The minimum atomic E-state index is -0.615. The van der Waals surface area contributed by atoms with Crippen LogP contribution in [0.2, 0.25) is 15.3 Å². The van der Waals surface area contributed by atoms with Crippen LogP contribution in [0.4, 0.5) is 0 Å². The van der Waals surface area contributed by atoms with Crippen molar-refractivity contribution in [2.45, 2.75) is 50.0 Å². The van der Waals surface area contributed by atoms with Gasteiger partial charge in [-0.05, 0) is 11.7 Å². The molecule has 0 aromatic heterocycles. The van der Waals surface area contributed by atoms with Gasteiger partial charge < -0.3 is 0 Å². The molecule has 1 atom stereocenters. The molecule has 1 aliphatic rings. The van der Waals surface area contributed by atoms with E-state index in [0.29, 0.717) is 0 Å². The molecule has 1 aliphatic carbocycles. The zero-order valence-corrected chi connectivity index (χ0v) is 12.1. The Balaban J connectivity index is 2.63. The minimum Gasteiger partial charge on any atom is -0.0909 e. The van der Waals surface area contributed by atoms with E-state index in [1.54, 1.807) is 5.57 Å². The molecule has 1 heteroatoms. The molecule has 0 fully saturated rings. The normalized spacial score (nSPS) is 20.2. The Kier molecular flexibility index (Phi) is 5.17. The lowest BCUT2D eigenvalue weighted by Crippen LogP contribution is -2.23. The zero-order chi connectivity index (χ0) is 11.4. The molecule has 84 valence electrons. The summed E-state index contributed by atoms with van der Waals surface area (Å²) in [4.78, 5) is 0. The average molecular weight is 220 g/mol. The Morgan fingerprint density at radius 2 is 1.67 bits per heavy atom. The average Bonchev–Trinajstić information content (AvgIpc) is 2.48. The lowest BCUT2D eigenvalue weighted by molar-refractivity contribution is 0.684. The zero-order valence-electron chi connectivity index (χ0n) is 11.0. The summed E-state index contributed by atoms with van der Waals surface area (Å²) in [6, 6.07) is 0. The predicted octanol–water partition coefficient (Wildman–Crippen LogP) is 4.68. The van der Waals surface area contributed by atoms with Crippen molar-refractivity contribution in [3.05, 3.63) is 23.8 Å². The minimum absolute atomic E-state index is 0.615. The first kappa shape index (κ1) is 13.1. The quantitative estimate of drug-likeness (QED) is 0.590. The molecule has 0 saturated carbocycles. The molecule has 0 amide bonds. The summed E-state index contributed by atoms with van der Waals surface area (Å²) in [5, 5.41) is 3.00. The highest BCUT2D eigenvalue weighted by Gasteiger charge is 2.29. The van der Waals surface area contributed by atoms with Crippen LogP contribution in [0.3, 0.4) is 0 Å². The summed E-state index contributed by atoms with van der Waals surface area (Å²) < 4.78 is 0.856. The Hall–Kier alpha value is 0.0125. The monoisotopic (exact) mass is 220 g/mol. The molecule has 1 rings (SSSR count). The SMILES string of the molecule is CC1=CC=C[CH]1[Al]([CH2]C(C)C)[CH2]C(C)C. The molecular weight excluding hydrogens is 195 g/mol. The van der Waals surface area contributed by atoms with Gasteiger partial charge in [0.05, 0.1) is 0 Å². The third kappa shape index (κ3) is 4.17. The lowest BCUT2D eigenvalue weighted by Gasteiger charge is -2.22. The van der Waals surface area contributed by atoms with Crippen LogP contribution in [0, 0.1) is 11.8 Å². The van der Waals surface area contributed by atoms with Crippen molar-refractivity contribution in [1.82, 2.24) is 0 Å². The van der Waals surface area contributed by atoms with Gasteiger partial charge >= 0.3 is 0 Å². The summed E-state index contributed by atoms with van der Waals surface area (Å²) in [6.45, 7) is 11.8. The number of hydrogen-bond donors (Lipinski definition) is 0. The lowest BCUT2D eigenvalue weighted by atomic mass is 10.2. The molecular formula is C14H25Al. The van der Waals surface area contributed by atoms with Gasteiger partial charge in [0.25, 0.3) is 14.1 Å². The van der Waals surface area contributed by atoms with E-state index in [0.717, 1.165) is 16.6 Å². The summed E-state index contributed by atoms with van der Waals surface area (Å²) in [5.74, 6) is 1.75. The maximum atomic E-state index is 2.46. The van der Waals surface area contributed by atoms with E-state index in [-0.39, 0.29) is 0 Å². The Morgan fingerprint density at radius 1 is 1.13 bits per heavy atom. The van der Waals surface area contributed by atoms with Gasteiger partial charge in [0.1, 0.15) is 0 Å². The molecule has 1 unspecified atom stereocenters. The van der Waals surface area contributed by atoms with Crippen molar-refractivity contribution in [2.75, 3.05) is 0 Å². The first-order valence-corrected chi connectivity index (χ1v) is 8.65. The van der Waals surface area contributed by atoms with Crippen LogP contribution in [-0.4, -0.2) is 14.1 Å². The van der Waals surface area contributed by atoms with Gasteiger partial charge in [-0.3, -0.25) is 0 Å². The molecule has 0 N–H and O–H groups in total. The standard InChI is InChI=1S/C6H7.2C4H9.Al/c1-6-4-2-3-5-6;2*1-4(2)3;/h2-5H,1H3;2*4H,1H2,2-3H3;. The molecule has 0 aliphatic heterocycles. The third-order valence-electron chi connectivity index (χ3n) is 3.26. The van der Waals surface area contributed by atoms with Crippen molar-refractivity contribution in [1.29, 1.82) is 0 Å². The fourth-order valence-electron chi connectivity index (χ4n) is 2.72. The van der Waals surface area contributed by atoms with Crippen molar-refractivity contribution >= 4 is 14.1 Å². The second-order valence-electron chi connectivity index (χ2n) is 5.84. The molecule has 15 heavy (non-hydrogen) atoms. The largest absolute Gasteiger partial charge is 0.276 e. The number of hydrogen-bond acceptors (Lipinski definition) is 0. The third-order valence-corrected chi connectivity index (χ3v) is 8.12. The van der Waals surface area contributed by atoms with E-state index >= 15 is 0 Å². The fourth-order valence-corrected chi connectivity index (χ4v) is 7.22. The van der Waals surface area contributed by atoms with E-state index in [1.165, 1.54) is 10.6 Å². The first-order valence-electron chi connectivity index (χ1n) is 6.35. The number of rotatable bonds is 5. The Bertz CT molecular complexity index is 238. The van der Waals surface area contributed by atoms with Crippen molar-refractivity contribution in [3.8, 4) is 0 Å². The smallest absolute Gasteiger partial charge is 0.0909 e. The highest BCUT2D eigenvalue weighted by molar-refractivity contribution is 6.62. The van der Waals surface area contributed by atoms with Crippen LogP contribution in [0.5, 0.6) is 0 Å². The van der Waals surface area contributed by atoms with E-state index in [2.05, 4.69) is 52.8 Å². The first-order chi connectivity index (χ1) is 7.00. The van der Waals surface area contributed by atoms with Gasteiger partial charge in [-0.25, -0.2) is 0 Å². The van der Waals surface area contributed by atoms with Crippen LogP contribution in [-0.2, 0) is 0 Å². The van der Waals surface area contributed by atoms with Crippen molar-refractivity contribution in [3.63, 3.8) is 0 Å². The molecule has 0 spiro atoms. The van der Waals surface area contributed by atoms with Gasteiger partial charge in [-0.1, -0.05) is 73.9 Å². The van der Waals surface area contributed by atoms with Crippen LogP contribution >= 0.6 is 0 Å². The highest BCUT2D eigenvalue weighted by atomic mass is 27.2. The molecule has 0 heterocycles. The second-order valence-corrected chi connectivity index (χ2v) is 9.02.